The summed E-state index contributed by atoms with van der Waals surface area (Å²) in [4.78, 5) is 27.8. The van der Waals surface area contributed by atoms with Crippen LogP contribution in [0.3, 0.4) is 0 Å². The summed E-state index contributed by atoms with van der Waals surface area (Å²) in [5.74, 6) is 0.210. The Morgan fingerprint density at radius 1 is 1.16 bits per heavy atom. The summed E-state index contributed by atoms with van der Waals surface area (Å²) in [6.07, 6.45) is -2.29. The molecule has 0 saturated carbocycles. The zero-order valence-corrected chi connectivity index (χ0v) is 17.3. The number of aliphatic hydroxyl groups is 4. The van der Waals surface area contributed by atoms with Gasteiger partial charge in [-0.25, -0.2) is 9.98 Å². The standard InChI is InChI=1S/C21H27N5O5/c1-11-7-13-15(8-14(11)25-5-3-4-6-25)26(9-16(28)19(30)17(29)10-27)20-18(24-13)21(31)23-12(2)22-20/h7-8,16-17,19,27-30H,2-6,9-10H2,1H3,(H,23,31)/t16-,17+,19-/m0/s1. The SMILES string of the molecule is C=c1nc2c(c(=O)[nH]1)=Nc1cc(C)c(N3CCCC3)cc1N2C[C@H](O)[C@H](O)[C@H](O)CO. The lowest BCUT2D eigenvalue weighted by molar-refractivity contribution is -0.0726. The second kappa shape index (κ2) is 8.39. The fourth-order valence-electron chi connectivity index (χ4n) is 4.14. The third-order valence-corrected chi connectivity index (χ3v) is 5.79. The van der Waals surface area contributed by atoms with Gasteiger partial charge in [-0.1, -0.05) is 6.58 Å². The Morgan fingerprint density at radius 2 is 1.87 bits per heavy atom. The molecule has 3 atom stereocenters. The number of aromatic nitrogens is 2. The Balaban J connectivity index is 1.85. The number of fused-ring (bicyclic) bond motifs is 2. The van der Waals surface area contributed by atoms with Gasteiger partial charge >= 0.3 is 0 Å². The number of aryl methyl sites for hydroxylation is 1. The van der Waals surface area contributed by atoms with Crippen LogP contribution in [0.2, 0.25) is 0 Å². The van der Waals surface area contributed by atoms with Crippen molar-refractivity contribution in [3.8, 4) is 0 Å². The molecular formula is C21H27N5O5. The molecule has 31 heavy (non-hydrogen) atoms. The second-order valence-electron chi connectivity index (χ2n) is 8.04. The van der Waals surface area contributed by atoms with Crippen LogP contribution in [-0.4, -0.2) is 74.9 Å². The number of aliphatic hydroxyl groups excluding tert-OH is 4. The normalized spacial score (nSPS) is 18.2. The number of nitrogens with zero attached hydrogens (tertiary/aromatic N) is 4. The summed E-state index contributed by atoms with van der Waals surface area (Å²) >= 11 is 0. The van der Waals surface area contributed by atoms with E-state index in [0.717, 1.165) is 37.2 Å². The Morgan fingerprint density at radius 3 is 2.55 bits per heavy atom. The van der Waals surface area contributed by atoms with Gasteiger partial charge in [-0.15, -0.1) is 0 Å². The van der Waals surface area contributed by atoms with E-state index in [4.69, 9.17) is 5.11 Å². The van der Waals surface area contributed by atoms with Crippen molar-refractivity contribution in [1.82, 2.24) is 9.97 Å². The average Bonchev–Trinajstić information content (AvgIpc) is 3.27. The lowest BCUT2D eigenvalue weighted by Crippen LogP contribution is -2.48. The van der Waals surface area contributed by atoms with Crippen LogP contribution >= 0.6 is 0 Å². The van der Waals surface area contributed by atoms with Crippen LogP contribution in [0.5, 0.6) is 0 Å². The molecule has 10 nitrogen and oxygen atoms in total. The molecule has 0 radical (unpaired) electrons. The van der Waals surface area contributed by atoms with Crippen LogP contribution in [0.25, 0.3) is 6.58 Å². The highest BCUT2D eigenvalue weighted by Crippen LogP contribution is 2.40. The van der Waals surface area contributed by atoms with Crippen molar-refractivity contribution in [2.45, 2.75) is 38.1 Å². The predicted octanol–water partition coefficient (Wildman–Crippen LogP) is -1.43. The Hall–Kier alpha value is -2.79. The number of nitrogens with one attached hydrogen (secondary N) is 1. The zero-order chi connectivity index (χ0) is 22.3. The van der Waals surface area contributed by atoms with E-state index in [1.165, 1.54) is 0 Å². The molecule has 2 aliphatic rings. The molecule has 10 heteroatoms. The van der Waals surface area contributed by atoms with Crippen LogP contribution in [0.4, 0.5) is 22.9 Å². The summed E-state index contributed by atoms with van der Waals surface area (Å²) in [7, 11) is 0. The molecule has 0 unspecified atom stereocenters. The van der Waals surface area contributed by atoms with Gasteiger partial charge in [-0.2, -0.15) is 0 Å². The molecule has 3 heterocycles. The van der Waals surface area contributed by atoms with Crippen LogP contribution in [0, 0.1) is 6.92 Å². The fraction of sp³-hybridized carbons (Fsp3) is 0.476. The topological polar surface area (TPSA) is 146 Å². The maximum absolute atomic E-state index is 12.5. The molecule has 0 aliphatic carbocycles. The number of β-amino-alcohol motifs (C(OH)–C–C–N with tert-alkyl or cyclic N) is 1. The van der Waals surface area contributed by atoms with Crippen molar-refractivity contribution < 1.29 is 20.4 Å². The Bertz CT molecular complexity index is 1140. The van der Waals surface area contributed by atoms with E-state index in [2.05, 4.69) is 26.4 Å². The third kappa shape index (κ3) is 3.94. The summed E-state index contributed by atoms with van der Waals surface area (Å²) < 4.78 is 0. The molecule has 0 amide bonds. The minimum absolute atomic E-state index is 0.0811. The maximum Gasteiger partial charge on any atom is 0.279 e. The summed E-state index contributed by atoms with van der Waals surface area (Å²) in [6.45, 7) is 6.71. The highest BCUT2D eigenvalue weighted by Gasteiger charge is 2.31. The fourth-order valence-corrected chi connectivity index (χ4v) is 4.14. The van der Waals surface area contributed by atoms with Gasteiger partial charge < -0.3 is 35.2 Å². The number of anilines is 3. The number of H-pyrrole nitrogens is 1. The van der Waals surface area contributed by atoms with E-state index >= 15 is 0 Å². The van der Waals surface area contributed by atoms with Crippen molar-refractivity contribution in [3.05, 3.63) is 38.9 Å². The summed E-state index contributed by atoms with van der Waals surface area (Å²) in [6, 6.07) is 3.84. The van der Waals surface area contributed by atoms with Crippen LogP contribution < -0.4 is 26.2 Å². The third-order valence-electron chi connectivity index (χ3n) is 5.79. The number of aromatic amines is 1. The lowest BCUT2D eigenvalue weighted by Gasteiger charge is -2.33. The first-order chi connectivity index (χ1) is 14.8. The molecule has 4 rings (SSSR count). The molecular weight excluding hydrogens is 402 g/mol. The van der Waals surface area contributed by atoms with Crippen LogP contribution in [0.1, 0.15) is 18.4 Å². The predicted molar refractivity (Wildman–Crippen MR) is 116 cm³/mol. The molecule has 166 valence electrons. The molecule has 0 bridgehead atoms. The van der Waals surface area contributed by atoms with Crippen LogP contribution in [0.15, 0.2) is 21.9 Å². The smallest absolute Gasteiger partial charge is 0.279 e. The lowest BCUT2D eigenvalue weighted by atomic mass is 10.1. The van der Waals surface area contributed by atoms with Crippen LogP contribution in [-0.2, 0) is 0 Å². The molecule has 2 aromatic rings. The van der Waals surface area contributed by atoms with Crippen molar-refractivity contribution in [3.63, 3.8) is 0 Å². The first kappa shape index (κ1) is 21.4. The van der Waals surface area contributed by atoms with Gasteiger partial charge in [0.15, 0.2) is 11.2 Å². The molecule has 1 aromatic heterocycles. The molecule has 0 spiro atoms. The number of hydrogen-bond donors (Lipinski definition) is 5. The van der Waals surface area contributed by atoms with Gasteiger partial charge in [0.25, 0.3) is 5.56 Å². The zero-order valence-electron chi connectivity index (χ0n) is 17.3. The second-order valence-corrected chi connectivity index (χ2v) is 8.04. The number of hydrogen-bond acceptors (Lipinski definition) is 9. The first-order valence-electron chi connectivity index (χ1n) is 10.3. The van der Waals surface area contributed by atoms with Gasteiger partial charge in [0.2, 0.25) is 0 Å². The van der Waals surface area contributed by atoms with Gasteiger partial charge in [0, 0.05) is 18.8 Å². The van der Waals surface area contributed by atoms with Gasteiger partial charge in [0.1, 0.15) is 23.8 Å². The van der Waals surface area contributed by atoms with E-state index in [1.807, 2.05) is 19.1 Å². The Kier molecular flexibility index (Phi) is 5.80. The summed E-state index contributed by atoms with van der Waals surface area (Å²) in [5.41, 5.74) is 2.90. The molecule has 1 saturated heterocycles. The molecule has 1 fully saturated rings. The highest BCUT2D eigenvalue weighted by atomic mass is 16.4. The van der Waals surface area contributed by atoms with E-state index in [-0.39, 0.29) is 23.2 Å². The van der Waals surface area contributed by atoms with Crippen molar-refractivity contribution in [1.29, 1.82) is 0 Å². The minimum Gasteiger partial charge on any atom is -0.394 e. The van der Waals surface area contributed by atoms with E-state index < -0.39 is 30.5 Å². The maximum atomic E-state index is 12.5. The Labute approximate surface area is 178 Å². The van der Waals surface area contributed by atoms with Gasteiger partial charge in [-0.3, -0.25) is 4.79 Å². The van der Waals surface area contributed by atoms with E-state index in [1.54, 1.807) is 4.90 Å². The number of rotatable bonds is 6. The quantitative estimate of drug-likeness (QED) is 0.376. The average molecular weight is 429 g/mol. The molecule has 2 aliphatic heterocycles. The highest BCUT2D eigenvalue weighted by molar-refractivity contribution is 5.81. The summed E-state index contributed by atoms with van der Waals surface area (Å²) in [5, 5.41) is 39.7. The first-order valence-corrected chi connectivity index (χ1v) is 10.3. The monoisotopic (exact) mass is 429 g/mol. The largest absolute Gasteiger partial charge is 0.394 e. The molecule has 1 aromatic carbocycles. The van der Waals surface area contributed by atoms with Gasteiger partial charge in [0.05, 0.1) is 24.5 Å². The number of benzene rings is 1. The van der Waals surface area contributed by atoms with E-state index in [9.17, 15) is 20.1 Å². The minimum atomic E-state index is -1.58. The van der Waals surface area contributed by atoms with Crippen molar-refractivity contribution >= 4 is 29.5 Å². The van der Waals surface area contributed by atoms with Crippen molar-refractivity contribution in [2.24, 2.45) is 4.99 Å². The van der Waals surface area contributed by atoms with Gasteiger partial charge in [-0.05, 0) is 37.5 Å². The van der Waals surface area contributed by atoms with Crippen molar-refractivity contribution in [2.75, 3.05) is 36.0 Å². The van der Waals surface area contributed by atoms with E-state index in [0.29, 0.717) is 11.4 Å². The molecule has 5 N–H and O–H groups in total.